The zero-order chi connectivity index (χ0) is 35.1. The predicted molar refractivity (Wildman–Crippen MR) is 218 cm³/mol. The van der Waals surface area contributed by atoms with E-state index in [9.17, 15) is 0 Å². The van der Waals surface area contributed by atoms with Crippen LogP contribution in [0.2, 0.25) is 0 Å². The van der Waals surface area contributed by atoms with Crippen molar-refractivity contribution >= 4 is 27.8 Å². The molecule has 0 fully saturated rings. The van der Waals surface area contributed by atoms with Crippen LogP contribution in [-0.4, -0.2) is 15.0 Å². The number of hydrogen-bond acceptors (Lipinski definition) is 4. The zero-order valence-electron chi connectivity index (χ0n) is 28.8. The Hall–Kier alpha value is -7.17. The van der Waals surface area contributed by atoms with E-state index in [1.807, 2.05) is 60.7 Å². The number of aromatic nitrogens is 3. The minimum atomic E-state index is 0.638. The first kappa shape index (κ1) is 30.6. The lowest BCUT2D eigenvalue weighted by molar-refractivity contribution is 1.07. The van der Waals surface area contributed by atoms with Gasteiger partial charge in [0.05, 0.1) is 11.4 Å². The highest BCUT2D eigenvalue weighted by atomic mass is 15.1. The molecule has 1 aliphatic rings. The van der Waals surface area contributed by atoms with Crippen molar-refractivity contribution in [2.24, 2.45) is 0 Å². The van der Waals surface area contributed by atoms with E-state index in [1.54, 1.807) is 0 Å². The number of anilines is 3. The predicted octanol–water partition coefficient (Wildman–Crippen LogP) is 12.8. The number of para-hydroxylation sites is 3. The fourth-order valence-corrected chi connectivity index (χ4v) is 7.65. The molecule has 1 aliphatic heterocycles. The summed E-state index contributed by atoms with van der Waals surface area (Å²) in [6.07, 6.45) is 0. The van der Waals surface area contributed by atoms with E-state index in [-0.39, 0.29) is 0 Å². The molecule has 0 amide bonds. The van der Waals surface area contributed by atoms with E-state index in [2.05, 4.69) is 138 Å². The van der Waals surface area contributed by atoms with Crippen molar-refractivity contribution in [1.29, 1.82) is 0 Å². The normalized spacial score (nSPS) is 11.7. The summed E-state index contributed by atoms with van der Waals surface area (Å²) < 4.78 is 0. The van der Waals surface area contributed by atoms with Crippen LogP contribution in [0, 0.1) is 0 Å². The maximum absolute atomic E-state index is 5.03. The van der Waals surface area contributed by atoms with Crippen LogP contribution in [0.15, 0.2) is 194 Å². The van der Waals surface area contributed by atoms with E-state index in [1.165, 1.54) is 33.0 Å². The van der Waals surface area contributed by atoms with E-state index in [0.717, 1.165) is 44.9 Å². The third kappa shape index (κ3) is 5.36. The van der Waals surface area contributed by atoms with E-state index in [4.69, 9.17) is 15.0 Å². The molecule has 0 radical (unpaired) electrons. The quantitative estimate of drug-likeness (QED) is 0.182. The highest BCUT2D eigenvalue weighted by Gasteiger charge is 2.26. The molecule has 2 heterocycles. The lowest BCUT2D eigenvalue weighted by Gasteiger charge is -2.32. The number of fused-ring (bicyclic) bond motifs is 4. The molecule has 0 N–H and O–H groups in total. The van der Waals surface area contributed by atoms with Gasteiger partial charge in [-0.2, -0.15) is 0 Å². The van der Waals surface area contributed by atoms with Crippen LogP contribution >= 0.6 is 0 Å². The van der Waals surface area contributed by atoms with Crippen molar-refractivity contribution in [1.82, 2.24) is 15.0 Å². The lowest BCUT2D eigenvalue weighted by Crippen LogP contribution is -2.13. The van der Waals surface area contributed by atoms with Gasteiger partial charge in [-0.15, -0.1) is 0 Å². The average molecular weight is 677 g/mol. The summed E-state index contributed by atoms with van der Waals surface area (Å²) in [5, 5.41) is 2.43. The maximum Gasteiger partial charge on any atom is 0.164 e. The molecule has 0 saturated heterocycles. The molecule has 248 valence electrons. The van der Waals surface area contributed by atoms with Gasteiger partial charge in [0.15, 0.2) is 17.5 Å². The minimum Gasteiger partial charge on any atom is -0.309 e. The minimum absolute atomic E-state index is 0.638. The molecule has 9 aromatic rings. The summed E-state index contributed by atoms with van der Waals surface area (Å²) >= 11 is 0. The first-order chi connectivity index (χ1) is 26.3. The monoisotopic (exact) mass is 676 g/mol. The second kappa shape index (κ2) is 12.9. The third-order valence-electron chi connectivity index (χ3n) is 10.1. The Morgan fingerprint density at radius 1 is 0.302 bits per heavy atom. The van der Waals surface area contributed by atoms with E-state index >= 15 is 0 Å². The standard InChI is InChI=1S/C49H32N4/c1-4-16-33(17-5-1)47-50-48(34-18-6-2-7-19-34)52-49(51-47)36-21-14-20-35(32-36)38-30-31-43-40-25-11-13-29-45(40)53(37-22-8-3-9-23-37)44-28-12-10-24-39(44)42-27-15-26-41(38)46(42)43/h1-32H. The molecule has 0 bridgehead atoms. The highest BCUT2D eigenvalue weighted by molar-refractivity contribution is 6.16. The summed E-state index contributed by atoms with van der Waals surface area (Å²) in [7, 11) is 0. The van der Waals surface area contributed by atoms with Gasteiger partial charge in [-0.25, -0.2) is 15.0 Å². The smallest absolute Gasteiger partial charge is 0.164 e. The van der Waals surface area contributed by atoms with Crippen LogP contribution in [0.5, 0.6) is 0 Å². The lowest BCUT2D eigenvalue weighted by atomic mass is 9.85. The molecule has 0 unspecified atom stereocenters. The van der Waals surface area contributed by atoms with Crippen molar-refractivity contribution in [3.63, 3.8) is 0 Å². The van der Waals surface area contributed by atoms with Crippen molar-refractivity contribution < 1.29 is 0 Å². The summed E-state index contributed by atoms with van der Waals surface area (Å²) in [6.45, 7) is 0. The molecule has 8 aromatic carbocycles. The molecular weight excluding hydrogens is 645 g/mol. The second-order valence-corrected chi connectivity index (χ2v) is 13.2. The van der Waals surface area contributed by atoms with Crippen LogP contribution < -0.4 is 4.90 Å². The highest BCUT2D eigenvalue weighted by Crippen LogP contribution is 2.51. The fraction of sp³-hybridized carbons (Fsp3) is 0. The van der Waals surface area contributed by atoms with E-state index < -0.39 is 0 Å². The Morgan fingerprint density at radius 3 is 1.36 bits per heavy atom. The van der Waals surface area contributed by atoms with Gasteiger partial charge < -0.3 is 4.90 Å². The zero-order valence-corrected chi connectivity index (χ0v) is 28.8. The van der Waals surface area contributed by atoms with Crippen molar-refractivity contribution in [3.05, 3.63) is 194 Å². The van der Waals surface area contributed by atoms with Gasteiger partial charge in [-0.05, 0) is 63.4 Å². The van der Waals surface area contributed by atoms with Gasteiger partial charge in [0.1, 0.15) is 0 Å². The molecule has 0 spiro atoms. The van der Waals surface area contributed by atoms with Crippen LogP contribution in [0.25, 0.3) is 78.3 Å². The van der Waals surface area contributed by atoms with Crippen molar-refractivity contribution in [2.75, 3.05) is 4.90 Å². The topological polar surface area (TPSA) is 41.9 Å². The SMILES string of the molecule is c1ccc(-c2nc(-c3ccccc3)nc(-c3cccc(-c4ccc5c6c(cccc46)-c4ccccc4N(c4ccccc4)c4ccccc4-5)c3)n2)cc1. The van der Waals surface area contributed by atoms with Crippen molar-refractivity contribution in [2.45, 2.75) is 0 Å². The molecule has 10 rings (SSSR count). The van der Waals surface area contributed by atoms with Crippen molar-refractivity contribution in [3.8, 4) is 67.5 Å². The Labute approximate surface area is 308 Å². The summed E-state index contributed by atoms with van der Waals surface area (Å²) in [4.78, 5) is 17.4. The largest absolute Gasteiger partial charge is 0.309 e. The molecule has 0 atom stereocenters. The average Bonchev–Trinajstić information content (AvgIpc) is 3.24. The van der Waals surface area contributed by atoms with Crippen LogP contribution in [0.1, 0.15) is 0 Å². The van der Waals surface area contributed by atoms with Gasteiger partial charge in [0.2, 0.25) is 0 Å². The first-order valence-corrected chi connectivity index (χ1v) is 17.9. The number of benzene rings is 8. The Morgan fingerprint density at radius 2 is 0.736 bits per heavy atom. The van der Waals surface area contributed by atoms with Crippen LogP contribution in [0.3, 0.4) is 0 Å². The van der Waals surface area contributed by atoms with Gasteiger partial charge in [-0.1, -0.05) is 164 Å². The van der Waals surface area contributed by atoms with Crippen LogP contribution in [0.4, 0.5) is 17.1 Å². The van der Waals surface area contributed by atoms with Gasteiger partial charge in [-0.3, -0.25) is 0 Å². The van der Waals surface area contributed by atoms with E-state index in [0.29, 0.717) is 17.5 Å². The summed E-state index contributed by atoms with van der Waals surface area (Å²) in [6, 6.07) is 68.3. The molecular formula is C49H32N4. The summed E-state index contributed by atoms with van der Waals surface area (Å²) in [5.74, 6) is 1.94. The number of rotatable bonds is 5. The Balaban J connectivity index is 1.18. The Bertz CT molecular complexity index is 2670. The first-order valence-electron chi connectivity index (χ1n) is 17.9. The van der Waals surface area contributed by atoms with Gasteiger partial charge >= 0.3 is 0 Å². The van der Waals surface area contributed by atoms with Gasteiger partial charge in [0, 0.05) is 33.5 Å². The molecule has 4 heteroatoms. The molecule has 53 heavy (non-hydrogen) atoms. The Kier molecular flexibility index (Phi) is 7.43. The molecule has 4 nitrogen and oxygen atoms in total. The van der Waals surface area contributed by atoms with Crippen LogP contribution in [-0.2, 0) is 0 Å². The molecule has 0 saturated carbocycles. The van der Waals surface area contributed by atoms with Gasteiger partial charge in [0.25, 0.3) is 0 Å². The summed E-state index contributed by atoms with van der Waals surface area (Å²) in [5.41, 5.74) is 13.3. The number of nitrogens with zero attached hydrogens (tertiary/aromatic N) is 4. The second-order valence-electron chi connectivity index (χ2n) is 13.2. The molecule has 0 aliphatic carbocycles. The number of hydrogen-bond donors (Lipinski definition) is 0. The maximum atomic E-state index is 5.03. The fourth-order valence-electron chi connectivity index (χ4n) is 7.65. The third-order valence-corrected chi connectivity index (χ3v) is 10.1. The molecule has 1 aromatic heterocycles.